The normalized spacial score (nSPS) is 15.4. The number of piperidine rings is 1. The van der Waals surface area contributed by atoms with Gasteiger partial charge in [0.1, 0.15) is 11.5 Å². The average molecular weight is 407 g/mol. The van der Waals surface area contributed by atoms with Gasteiger partial charge in [-0.15, -0.1) is 5.10 Å². The van der Waals surface area contributed by atoms with Gasteiger partial charge in [-0.3, -0.25) is 9.69 Å². The Morgan fingerprint density at radius 2 is 1.93 bits per heavy atom. The highest BCUT2D eigenvalue weighted by Crippen LogP contribution is 2.20. The lowest BCUT2D eigenvalue weighted by atomic mass is 9.97. The molecular weight excluding hydrogens is 382 g/mol. The predicted octanol–water partition coefficient (Wildman–Crippen LogP) is 3.03. The summed E-state index contributed by atoms with van der Waals surface area (Å²) in [7, 11) is 1.62. The highest BCUT2D eigenvalue weighted by molar-refractivity contribution is 7.71. The number of hydrogen-bond donors (Lipinski definition) is 0. The van der Waals surface area contributed by atoms with Crippen LogP contribution in [0.2, 0.25) is 0 Å². The highest BCUT2D eigenvalue weighted by Gasteiger charge is 2.26. The van der Waals surface area contributed by atoms with Crippen LogP contribution in [0.5, 0.6) is 11.5 Å². The molecule has 3 rings (SSSR count). The first-order valence-electron chi connectivity index (χ1n) is 9.31. The van der Waals surface area contributed by atoms with Gasteiger partial charge in [0.2, 0.25) is 0 Å². The topological polar surface area (TPSA) is 79.0 Å². The quantitative estimate of drug-likeness (QED) is 0.488. The number of methoxy groups -OCH3 is 1. The summed E-state index contributed by atoms with van der Waals surface area (Å²) in [6, 6.07) is 7.28. The molecule has 1 aliphatic heterocycles. The number of ether oxygens (including phenoxy) is 3. The second-order valence-electron chi connectivity index (χ2n) is 6.51. The number of carbonyl (C=O) groups is 1. The molecule has 8 nitrogen and oxygen atoms in total. The zero-order chi connectivity index (χ0) is 19.9. The Balaban J connectivity index is 1.50. The molecular formula is C19H25N3O5S. The van der Waals surface area contributed by atoms with E-state index in [0.717, 1.165) is 31.7 Å². The lowest BCUT2D eigenvalue weighted by molar-refractivity contribution is -0.149. The molecule has 0 radical (unpaired) electrons. The van der Waals surface area contributed by atoms with Crippen molar-refractivity contribution in [2.45, 2.75) is 33.0 Å². The predicted molar refractivity (Wildman–Crippen MR) is 104 cm³/mol. The van der Waals surface area contributed by atoms with Crippen molar-refractivity contribution >= 4 is 18.2 Å². The number of rotatable bonds is 8. The van der Waals surface area contributed by atoms with Crippen LogP contribution in [-0.2, 0) is 22.8 Å². The van der Waals surface area contributed by atoms with E-state index < -0.39 is 0 Å². The maximum absolute atomic E-state index is 11.8. The number of likely N-dealkylation sites (tertiary alicyclic amines) is 1. The van der Waals surface area contributed by atoms with E-state index in [1.165, 1.54) is 0 Å². The number of aromatic nitrogens is 2. The van der Waals surface area contributed by atoms with Gasteiger partial charge in [-0.1, -0.05) is 0 Å². The Morgan fingerprint density at radius 1 is 1.25 bits per heavy atom. The van der Waals surface area contributed by atoms with Crippen LogP contribution in [0.25, 0.3) is 0 Å². The second kappa shape index (κ2) is 9.70. The maximum atomic E-state index is 11.8. The Labute approximate surface area is 169 Å². The Hall–Kier alpha value is -2.39. The molecule has 0 N–H and O–H groups in total. The molecule has 0 amide bonds. The largest absolute Gasteiger partial charge is 0.497 e. The molecule has 0 bridgehead atoms. The van der Waals surface area contributed by atoms with E-state index in [1.807, 2.05) is 31.2 Å². The Kier molecular flexibility index (Phi) is 7.05. The third-order valence-corrected chi connectivity index (χ3v) is 4.91. The summed E-state index contributed by atoms with van der Waals surface area (Å²) in [5.41, 5.74) is 0. The zero-order valence-corrected chi connectivity index (χ0v) is 16.9. The van der Waals surface area contributed by atoms with Crippen LogP contribution in [0.15, 0.2) is 28.7 Å². The number of esters is 1. The van der Waals surface area contributed by atoms with E-state index in [9.17, 15) is 4.79 Å². The van der Waals surface area contributed by atoms with Gasteiger partial charge in [0, 0.05) is 13.1 Å². The first kappa shape index (κ1) is 20.3. The van der Waals surface area contributed by atoms with Crippen molar-refractivity contribution < 1.29 is 23.4 Å². The van der Waals surface area contributed by atoms with E-state index in [1.54, 1.807) is 11.8 Å². The van der Waals surface area contributed by atoms with Gasteiger partial charge < -0.3 is 18.6 Å². The minimum Gasteiger partial charge on any atom is -0.497 e. The fourth-order valence-electron chi connectivity index (χ4n) is 3.07. The van der Waals surface area contributed by atoms with Crippen LogP contribution in [0.4, 0.5) is 0 Å². The van der Waals surface area contributed by atoms with Crippen LogP contribution >= 0.6 is 12.2 Å². The summed E-state index contributed by atoms with van der Waals surface area (Å²) in [5, 5.41) is 4.40. The van der Waals surface area contributed by atoms with E-state index in [2.05, 4.69) is 10.00 Å². The smallest absolute Gasteiger partial charge is 0.309 e. The zero-order valence-electron chi connectivity index (χ0n) is 16.1. The summed E-state index contributed by atoms with van der Waals surface area (Å²) in [5.74, 6) is 1.76. The molecule has 0 saturated carbocycles. The molecule has 0 atom stereocenters. The average Bonchev–Trinajstić information content (AvgIpc) is 3.07. The van der Waals surface area contributed by atoms with Crippen molar-refractivity contribution in [2.75, 3.05) is 26.8 Å². The lowest BCUT2D eigenvalue weighted by Crippen LogP contribution is -2.38. The Bertz CT molecular complexity index is 825. The monoisotopic (exact) mass is 407 g/mol. The SMILES string of the molecule is CCOC(=O)C1CCN(Cn2nc(COc3ccc(OC)cc3)oc2=S)CC1. The molecule has 1 fully saturated rings. The fraction of sp³-hybridized carbons (Fsp3) is 0.526. The summed E-state index contributed by atoms with van der Waals surface area (Å²) in [6.07, 6.45) is 1.55. The van der Waals surface area contributed by atoms with Crippen LogP contribution in [0, 0.1) is 10.8 Å². The van der Waals surface area contributed by atoms with E-state index in [-0.39, 0.29) is 18.5 Å². The number of benzene rings is 1. The Morgan fingerprint density at radius 3 is 2.57 bits per heavy atom. The molecule has 0 spiro atoms. The molecule has 1 aliphatic rings. The summed E-state index contributed by atoms with van der Waals surface area (Å²) < 4.78 is 23.1. The van der Waals surface area contributed by atoms with Crippen molar-refractivity contribution in [3.8, 4) is 11.5 Å². The molecule has 28 heavy (non-hydrogen) atoms. The first-order chi connectivity index (χ1) is 13.6. The van der Waals surface area contributed by atoms with Crippen molar-refractivity contribution in [3.05, 3.63) is 35.0 Å². The summed E-state index contributed by atoms with van der Waals surface area (Å²) in [4.78, 5) is 14.3. The number of carbonyl (C=O) groups excluding carboxylic acids is 1. The minimum atomic E-state index is -0.0989. The van der Waals surface area contributed by atoms with Crippen molar-refractivity contribution in [2.24, 2.45) is 5.92 Å². The van der Waals surface area contributed by atoms with Crippen molar-refractivity contribution in [1.29, 1.82) is 0 Å². The molecule has 1 aromatic carbocycles. The second-order valence-corrected chi connectivity index (χ2v) is 6.86. The minimum absolute atomic E-state index is 0.0186. The maximum Gasteiger partial charge on any atom is 0.309 e. The van der Waals surface area contributed by atoms with Gasteiger partial charge in [0.25, 0.3) is 10.7 Å². The molecule has 2 heterocycles. The molecule has 2 aromatic rings. The highest BCUT2D eigenvalue weighted by atomic mass is 32.1. The van der Waals surface area contributed by atoms with Gasteiger partial charge in [-0.25, -0.2) is 4.68 Å². The number of nitrogens with zero attached hydrogens (tertiary/aromatic N) is 3. The van der Waals surface area contributed by atoms with Crippen LogP contribution in [0.1, 0.15) is 25.7 Å². The number of hydrogen-bond acceptors (Lipinski definition) is 8. The molecule has 1 aromatic heterocycles. The summed E-state index contributed by atoms with van der Waals surface area (Å²) >= 11 is 5.27. The van der Waals surface area contributed by atoms with Crippen molar-refractivity contribution in [1.82, 2.24) is 14.7 Å². The van der Waals surface area contributed by atoms with E-state index in [4.69, 9.17) is 30.8 Å². The molecule has 0 aliphatic carbocycles. The lowest BCUT2D eigenvalue weighted by Gasteiger charge is -2.30. The van der Waals surface area contributed by atoms with Crippen molar-refractivity contribution in [3.63, 3.8) is 0 Å². The molecule has 152 valence electrons. The summed E-state index contributed by atoms with van der Waals surface area (Å²) in [6.45, 7) is 4.55. The standard InChI is InChI=1S/C19H25N3O5S/c1-3-25-18(23)14-8-10-21(11-9-14)13-22-19(28)27-17(20-22)12-26-16-6-4-15(24-2)5-7-16/h4-7,14H,3,8-13H2,1-2H3. The molecule has 0 unspecified atom stereocenters. The third kappa shape index (κ3) is 5.32. The molecule has 9 heteroatoms. The van der Waals surface area contributed by atoms with Crippen LogP contribution in [0.3, 0.4) is 0 Å². The fourth-order valence-corrected chi connectivity index (χ4v) is 3.27. The third-order valence-electron chi connectivity index (χ3n) is 4.61. The van der Waals surface area contributed by atoms with Crippen LogP contribution < -0.4 is 9.47 Å². The van der Waals surface area contributed by atoms with Gasteiger partial charge in [-0.05, 0) is 56.2 Å². The van der Waals surface area contributed by atoms with Gasteiger partial charge in [0.15, 0.2) is 6.61 Å². The van der Waals surface area contributed by atoms with Gasteiger partial charge in [0.05, 0.1) is 26.3 Å². The van der Waals surface area contributed by atoms with E-state index >= 15 is 0 Å². The van der Waals surface area contributed by atoms with Crippen LogP contribution in [-0.4, -0.2) is 47.5 Å². The first-order valence-corrected chi connectivity index (χ1v) is 9.72. The molecule has 1 saturated heterocycles. The van der Waals surface area contributed by atoms with Gasteiger partial charge >= 0.3 is 5.97 Å². The van der Waals surface area contributed by atoms with E-state index in [0.29, 0.717) is 29.8 Å². The van der Waals surface area contributed by atoms with Gasteiger partial charge in [-0.2, -0.15) is 0 Å².